The highest BCUT2D eigenvalue weighted by molar-refractivity contribution is 7.90. The van der Waals surface area contributed by atoms with E-state index in [0.717, 1.165) is 23.2 Å². The molecule has 0 aliphatic heterocycles. The molecule has 0 saturated heterocycles. The van der Waals surface area contributed by atoms with Gasteiger partial charge < -0.3 is 5.32 Å². The Morgan fingerprint density at radius 3 is 2.31 bits per heavy atom. The number of carbonyl (C=O) groups is 1. The maximum Gasteiger partial charge on any atom is 0.280 e. The molecular formula is C24H19FN2O3S2. The highest BCUT2D eigenvalue weighted by Gasteiger charge is 2.23. The lowest BCUT2D eigenvalue weighted by Gasteiger charge is -2.08. The Morgan fingerprint density at radius 1 is 0.969 bits per heavy atom. The van der Waals surface area contributed by atoms with Crippen LogP contribution in [0.5, 0.6) is 0 Å². The molecule has 0 atom stereocenters. The third-order valence-electron chi connectivity index (χ3n) is 4.77. The number of thiazole rings is 1. The van der Waals surface area contributed by atoms with Crippen molar-refractivity contribution in [3.63, 3.8) is 0 Å². The molecule has 0 saturated carbocycles. The average Bonchev–Trinajstić information content (AvgIpc) is 3.23. The molecule has 0 aliphatic rings. The molecule has 0 radical (unpaired) electrons. The Labute approximate surface area is 189 Å². The summed E-state index contributed by atoms with van der Waals surface area (Å²) in [6.45, 7) is 0.334. The van der Waals surface area contributed by atoms with Gasteiger partial charge in [0.2, 0.25) is 0 Å². The average molecular weight is 467 g/mol. The molecule has 162 valence electrons. The lowest BCUT2D eigenvalue weighted by atomic mass is 10.1. The Kier molecular flexibility index (Phi) is 6.16. The first-order valence-electron chi connectivity index (χ1n) is 9.71. The van der Waals surface area contributed by atoms with Crippen LogP contribution in [-0.4, -0.2) is 25.6 Å². The molecule has 8 heteroatoms. The second kappa shape index (κ2) is 9.02. The number of rotatable bonds is 6. The largest absolute Gasteiger partial charge is 0.346 e. The van der Waals surface area contributed by atoms with Crippen molar-refractivity contribution in [3.05, 3.63) is 95.3 Å². The zero-order valence-corrected chi connectivity index (χ0v) is 18.7. The van der Waals surface area contributed by atoms with Crippen LogP contribution < -0.4 is 5.32 Å². The van der Waals surface area contributed by atoms with E-state index in [4.69, 9.17) is 0 Å². The van der Waals surface area contributed by atoms with Gasteiger partial charge in [0, 0.05) is 18.4 Å². The van der Waals surface area contributed by atoms with E-state index in [1.54, 1.807) is 30.3 Å². The Balaban J connectivity index is 1.78. The van der Waals surface area contributed by atoms with Gasteiger partial charge in [-0.1, -0.05) is 60.7 Å². The van der Waals surface area contributed by atoms with Gasteiger partial charge >= 0.3 is 0 Å². The van der Waals surface area contributed by atoms with Crippen molar-refractivity contribution in [3.8, 4) is 21.7 Å². The van der Waals surface area contributed by atoms with Crippen LogP contribution in [0.3, 0.4) is 0 Å². The molecule has 4 rings (SSSR count). The summed E-state index contributed by atoms with van der Waals surface area (Å²) in [5.41, 5.74) is 2.35. The summed E-state index contributed by atoms with van der Waals surface area (Å²) in [5.74, 6) is -0.762. The summed E-state index contributed by atoms with van der Waals surface area (Å²) in [4.78, 5) is 18.1. The Hall–Kier alpha value is -3.36. The fraction of sp³-hybridized carbons (Fsp3) is 0.0833. The van der Waals surface area contributed by atoms with E-state index in [-0.39, 0.29) is 15.8 Å². The van der Waals surface area contributed by atoms with Crippen molar-refractivity contribution >= 4 is 27.1 Å². The molecule has 3 aromatic carbocycles. The van der Waals surface area contributed by atoms with Gasteiger partial charge in [-0.05, 0) is 29.3 Å². The zero-order chi connectivity index (χ0) is 22.7. The molecular weight excluding hydrogens is 447 g/mol. The summed E-state index contributed by atoms with van der Waals surface area (Å²) >= 11 is 1.14. The number of hydrogen-bond donors (Lipinski definition) is 1. The van der Waals surface area contributed by atoms with Gasteiger partial charge in [0.05, 0.1) is 15.5 Å². The van der Waals surface area contributed by atoms with Gasteiger partial charge in [-0.3, -0.25) is 4.79 Å². The van der Waals surface area contributed by atoms with Crippen LogP contribution >= 0.6 is 11.3 Å². The van der Waals surface area contributed by atoms with Gasteiger partial charge in [-0.25, -0.2) is 17.8 Å². The fourth-order valence-corrected chi connectivity index (χ4v) is 5.13. The van der Waals surface area contributed by atoms with E-state index in [9.17, 15) is 17.6 Å². The number of amides is 1. The molecule has 0 bridgehead atoms. The molecule has 0 spiro atoms. The monoisotopic (exact) mass is 466 g/mol. The van der Waals surface area contributed by atoms with Crippen LogP contribution in [0.4, 0.5) is 4.39 Å². The summed E-state index contributed by atoms with van der Waals surface area (Å²) in [7, 11) is -3.54. The number of carbonyl (C=O) groups excluding carboxylic acids is 1. The zero-order valence-electron chi connectivity index (χ0n) is 17.1. The number of aromatic nitrogens is 1. The molecule has 1 N–H and O–H groups in total. The van der Waals surface area contributed by atoms with Gasteiger partial charge in [0.25, 0.3) is 5.91 Å². The van der Waals surface area contributed by atoms with Crippen LogP contribution in [-0.2, 0) is 16.4 Å². The normalized spacial score (nSPS) is 11.3. The van der Waals surface area contributed by atoms with Crippen LogP contribution in [0.15, 0.2) is 83.8 Å². The van der Waals surface area contributed by atoms with Crippen molar-refractivity contribution in [1.29, 1.82) is 0 Å². The SMILES string of the molecule is CS(=O)(=O)c1ccccc1-c1nc(C(=O)NCc2ccccc2)sc1-c1ccc(F)cc1. The van der Waals surface area contributed by atoms with Crippen molar-refractivity contribution < 1.29 is 17.6 Å². The van der Waals surface area contributed by atoms with Crippen LogP contribution in [0.25, 0.3) is 21.7 Å². The summed E-state index contributed by atoms with van der Waals surface area (Å²) in [6, 6.07) is 21.8. The number of hydrogen-bond acceptors (Lipinski definition) is 5. The summed E-state index contributed by atoms with van der Waals surface area (Å²) in [6.07, 6.45) is 1.13. The van der Waals surface area contributed by atoms with Crippen molar-refractivity contribution in [2.75, 3.05) is 6.26 Å². The first kappa shape index (κ1) is 21.9. The molecule has 1 aromatic heterocycles. The minimum Gasteiger partial charge on any atom is -0.346 e. The standard InChI is InChI=1S/C24H19FN2O3S2/c1-32(29,30)20-10-6-5-9-19(20)21-22(17-11-13-18(25)14-12-17)31-24(27-21)23(28)26-15-16-7-3-2-4-8-16/h2-14H,15H2,1H3,(H,26,28). The first-order chi connectivity index (χ1) is 15.3. The highest BCUT2D eigenvalue weighted by Crippen LogP contribution is 2.39. The van der Waals surface area contributed by atoms with E-state index in [1.165, 1.54) is 18.2 Å². The van der Waals surface area contributed by atoms with Gasteiger partial charge in [-0.2, -0.15) is 0 Å². The van der Waals surface area contributed by atoms with E-state index in [1.807, 2.05) is 30.3 Å². The molecule has 0 unspecified atom stereocenters. The second-order valence-electron chi connectivity index (χ2n) is 7.14. The highest BCUT2D eigenvalue weighted by atomic mass is 32.2. The maximum absolute atomic E-state index is 13.5. The predicted molar refractivity (Wildman–Crippen MR) is 124 cm³/mol. The molecule has 1 heterocycles. The summed E-state index contributed by atoms with van der Waals surface area (Å²) in [5, 5.41) is 3.04. The fourth-order valence-electron chi connectivity index (χ4n) is 3.24. The van der Waals surface area contributed by atoms with E-state index in [2.05, 4.69) is 10.3 Å². The van der Waals surface area contributed by atoms with Crippen LogP contribution in [0, 0.1) is 5.82 Å². The van der Waals surface area contributed by atoms with Crippen molar-refractivity contribution in [2.45, 2.75) is 11.4 Å². The lowest BCUT2D eigenvalue weighted by Crippen LogP contribution is -2.22. The van der Waals surface area contributed by atoms with Gasteiger partial charge in [0.1, 0.15) is 5.82 Å². The van der Waals surface area contributed by atoms with Gasteiger partial charge in [0.15, 0.2) is 14.8 Å². The number of benzene rings is 3. The second-order valence-corrected chi connectivity index (χ2v) is 10.1. The predicted octanol–water partition coefficient (Wildman–Crippen LogP) is 4.95. The smallest absolute Gasteiger partial charge is 0.280 e. The Morgan fingerprint density at radius 2 is 1.62 bits per heavy atom. The molecule has 0 aliphatic carbocycles. The minimum atomic E-state index is -3.54. The van der Waals surface area contributed by atoms with Crippen LogP contribution in [0.1, 0.15) is 15.4 Å². The molecule has 1 amide bonds. The summed E-state index contributed by atoms with van der Waals surface area (Å²) < 4.78 is 38.2. The quantitative estimate of drug-likeness (QED) is 0.436. The first-order valence-corrected chi connectivity index (χ1v) is 12.4. The molecule has 5 nitrogen and oxygen atoms in total. The Bertz CT molecular complexity index is 1370. The topological polar surface area (TPSA) is 76.1 Å². The number of halogens is 1. The molecule has 4 aromatic rings. The third kappa shape index (κ3) is 4.76. The minimum absolute atomic E-state index is 0.116. The van der Waals surface area contributed by atoms with E-state index < -0.39 is 15.7 Å². The van der Waals surface area contributed by atoms with Gasteiger partial charge in [-0.15, -0.1) is 11.3 Å². The number of nitrogens with zero attached hydrogens (tertiary/aromatic N) is 1. The maximum atomic E-state index is 13.5. The van der Waals surface area contributed by atoms with Crippen molar-refractivity contribution in [2.24, 2.45) is 0 Å². The van der Waals surface area contributed by atoms with E-state index in [0.29, 0.717) is 28.2 Å². The molecule has 32 heavy (non-hydrogen) atoms. The molecule has 0 fully saturated rings. The van der Waals surface area contributed by atoms with Crippen molar-refractivity contribution in [1.82, 2.24) is 10.3 Å². The lowest BCUT2D eigenvalue weighted by molar-refractivity contribution is 0.0950. The van der Waals surface area contributed by atoms with E-state index >= 15 is 0 Å². The third-order valence-corrected chi connectivity index (χ3v) is 7.02. The number of nitrogens with one attached hydrogen (secondary N) is 1. The number of sulfone groups is 1. The van der Waals surface area contributed by atoms with Crippen LogP contribution in [0.2, 0.25) is 0 Å².